The molecule has 1 aliphatic rings. The van der Waals surface area contributed by atoms with Gasteiger partial charge in [-0.1, -0.05) is 12.5 Å². The van der Waals surface area contributed by atoms with Crippen molar-refractivity contribution in [2.24, 2.45) is 0 Å². The quantitative estimate of drug-likeness (QED) is 0.898. The zero-order valence-electron chi connectivity index (χ0n) is 9.64. The average Bonchev–Trinajstić information content (AvgIpc) is 2.31. The molecule has 6 heteroatoms. The van der Waals surface area contributed by atoms with E-state index in [9.17, 15) is 22.3 Å². The number of sulfone groups is 1. The summed E-state index contributed by atoms with van der Waals surface area (Å²) in [6.45, 7) is 0. The molecule has 1 saturated heterocycles. The predicted octanol–water partition coefficient (Wildman–Crippen LogP) is 1.97. The number of aliphatic hydroxyl groups excluding tert-OH is 1. The van der Waals surface area contributed by atoms with Gasteiger partial charge in [0.15, 0.2) is 21.5 Å². The summed E-state index contributed by atoms with van der Waals surface area (Å²) in [5.41, 5.74) is 0.101. The van der Waals surface area contributed by atoms with Gasteiger partial charge in [-0.25, -0.2) is 17.2 Å². The Labute approximate surface area is 104 Å². The third-order valence-corrected chi connectivity index (χ3v) is 5.54. The van der Waals surface area contributed by atoms with Crippen molar-refractivity contribution in [3.8, 4) is 0 Å². The van der Waals surface area contributed by atoms with E-state index in [1.807, 2.05) is 0 Å². The number of hydrogen-bond acceptors (Lipinski definition) is 3. The smallest absolute Gasteiger partial charge is 0.159 e. The van der Waals surface area contributed by atoms with E-state index in [1.165, 1.54) is 6.07 Å². The zero-order valence-corrected chi connectivity index (χ0v) is 10.5. The summed E-state index contributed by atoms with van der Waals surface area (Å²) in [5, 5.41) is 9.11. The normalized spacial score (nSPS) is 24.7. The van der Waals surface area contributed by atoms with Gasteiger partial charge in [-0.05, 0) is 30.5 Å². The molecule has 3 nitrogen and oxygen atoms in total. The molecule has 0 saturated carbocycles. The zero-order chi connectivity index (χ0) is 13.3. The first-order valence-electron chi connectivity index (χ1n) is 5.76. The van der Waals surface area contributed by atoms with Crippen molar-refractivity contribution in [2.75, 3.05) is 5.75 Å². The van der Waals surface area contributed by atoms with E-state index in [4.69, 9.17) is 0 Å². The molecule has 100 valence electrons. The molecule has 0 bridgehead atoms. The van der Waals surface area contributed by atoms with Crippen LogP contribution in [0.4, 0.5) is 8.78 Å². The van der Waals surface area contributed by atoms with E-state index in [-0.39, 0.29) is 11.3 Å². The minimum absolute atomic E-state index is 0.0401. The van der Waals surface area contributed by atoms with Gasteiger partial charge in [0.2, 0.25) is 0 Å². The van der Waals surface area contributed by atoms with E-state index in [0.717, 1.165) is 12.1 Å². The number of hydrogen-bond donors (Lipinski definition) is 1. The second kappa shape index (κ2) is 4.93. The highest BCUT2D eigenvalue weighted by Gasteiger charge is 2.35. The first-order chi connectivity index (χ1) is 8.42. The molecule has 1 aliphatic heterocycles. The molecule has 2 atom stereocenters. The summed E-state index contributed by atoms with van der Waals surface area (Å²) in [5.74, 6) is -2.06. The Morgan fingerprint density at radius 3 is 2.56 bits per heavy atom. The molecule has 1 aromatic rings. The molecule has 1 fully saturated rings. The van der Waals surface area contributed by atoms with Crippen LogP contribution in [0.1, 0.15) is 30.9 Å². The van der Waals surface area contributed by atoms with Crippen LogP contribution >= 0.6 is 0 Å². The molecular formula is C12H14F2O3S. The fourth-order valence-corrected chi connectivity index (χ4v) is 4.23. The summed E-state index contributed by atoms with van der Waals surface area (Å²) < 4.78 is 49.5. The summed E-state index contributed by atoms with van der Waals surface area (Å²) in [6.07, 6.45) is 0.349. The predicted molar refractivity (Wildman–Crippen MR) is 62.7 cm³/mol. The summed E-state index contributed by atoms with van der Waals surface area (Å²) in [6, 6.07) is 2.96. The van der Waals surface area contributed by atoms with Gasteiger partial charge in [-0.15, -0.1) is 0 Å². The van der Waals surface area contributed by atoms with Crippen LogP contribution in [0.5, 0.6) is 0 Å². The fraction of sp³-hybridized carbons (Fsp3) is 0.500. The van der Waals surface area contributed by atoms with E-state index < -0.39 is 32.8 Å². The highest BCUT2D eigenvalue weighted by atomic mass is 32.2. The van der Waals surface area contributed by atoms with Gasteiger partial charge in [-0.2, -0.15) is 0 Å². The van der Waals surface area contributed by atoms with Gasteiger partial charge in [0, 0.05) is 0 Å². The highest BCUT2D eigenvalue weighted by Crippen LogP contribution is 2.31. The van der Waals surface area contributed by atoms with Crippen molar-refractivity contribution in [1.29, 1.82) is 0 Å². The molecule has 0 aromatic heterocycles. The van der Waals surface area contributed by atoms with Crippen LogP contribution in [-0.2, 0) is 9.84 Å². The third-order valence-electron chi connectivity index (χ3n) is 3.27. The maximum atomic E-state index is 13.1. The molecule has 18 heavy (non-hydrogen) atoms. The van der Waals surface area contributed by atoms with Crippen molar-refractivity contribution in [3.05, 3.63) is 35.4 Å². The number of halogens is 2. The average molecular weight is 276 g/mol. The van der Waals surface area contributed by atoms with Gasteiger partial charge in [0.1, 0.15) is 0 Å². The van der Waals surface area contributed by atoms with Crippen LogP contribution < -0.4 is 0 Å². The Morgan fingerprint density at radius 1 is 1.22 bits per heavy atom. The first-order valence-corrected chi connectivity index (χ1v) is 7.48. The first kappa shape index (κ1) is 13.4. The number of rotatable bonds is 2. The fourth-order valence-electron chi connectivity index (χ4n) is 2.24. The van der Waals surface area contributed by atoms with Crippen molar-refractivity contribution in [2.45, 2.75) is 30.6 Å². The Morgan fingerprint density at radius 2 is 1.94 bits per heavy atom. The van der Waals surface area contributed by atoms with Crippen LogP contribution in [-0.4, -0.2) is 24.5 Å². The van der Waals surface area contributed by atoms with Gasteiger partial charge in [-0.3, -0.25) is 0 Å². The molecule has 0 radical (unpaired) electrons. The lowest BCUT2D eigenvalue weighted by molar-refractivity contribution is 0.164. The number of aliphatic hydroxyl groups is 1. The summed E-state index contributed by atoms with van der Waals surface area (Å²) in [7, 11) is -3.36. The maximum Gasteiger partial charge on any atom is 0.159 e. The molecule has 1 heterocycles. The molecule has 2 unspecified atom stereocenters. The lowest BCUT2D eigenvalue weighted by Crippen LogP contribution is -2.33. The maximum absolute atomic E-state index is 13.1. The van der Waals surface area contributed by atoms with Gasteiger partial charge in [0.25, 0.3) is 0 Å². The monoisotopic (exact) mass is 276 g/mol. The van der Waals surface area contributed by atoms with Crippen LogP contribution in [0.15, 0.2) is 18.2 Å². The van der Waals surface area contributed by atoms with E-state index >= 15 is 0 Å². The van der Waals surface area contributed by atoms with E-state index in [2.05, 4.69) is 0 Å². The topological polar surface area (TPSA) is 54.4 Å². The van der Waals surface area contributed by atoms with Gasteiger partial charge < -0.3 is 5.11 Å². The van der Waals surface area contributed by atoms with Crippen molar-refractivity contribution < 1.29 is 22.3 Å². The van der Waals surface area contributed by atoms with Crippen LogP contribution in [0.3, 0.4) is 0 Å². The molecule has 0 amide bonds. The highest BCUT2D eigenvalue weighted by molar-refractivity contribution is 7.92. The summed E-state index contributed by atoms with van der Waals surface area (Å²) >= 11 is 0. The second-order valence-electron chi connectivity index (χ2n) is 4.52. The minimum Gasteiger partial charge on any atom is -0.387 e. The summed E-state index contributed by atoms with van der Waals surface area (Å²) in [4.78, 5) is 0. The van der Waals surface area contributed by atoms with Crippen molar-refractivity contribution in [1.82, 2.24) is 0 Å². The molecule has 0 aliphatic carbocycles. The molecule has 1 aromatic carbocycles. The third kappa shape index (κ3) is 2.54. The lowest BCUT2D eigenvalue weighted by Gasteiger charge is -2.26. The van der Waals surface area contributed by atoms with Gasteiger partial charge >= 0.3 is 0 Å². The van der Waals surface area contributed by atoms with Crippen molar-refractivity contribution >= 4 is 9.84 Å². The molecule has 2 rings (SSSR count). The molecular weight excluding hydrogens is 262 g/mol. The van der Waals surface area contributed by atoms with E-state index in [1.54, 1.807) is 0 Å². The van der Waals surface area contributed by atoms with Crippen LogP contribution in [0, 0.1) is 11.6 Å². The molecule has 1 N–H and O–H groups in total. The van der Waals surface area contributed by atoms with Crippen LogP contribution in [0.25, 0.3) is 0 Å². The van der Waals surface area contributed by atoms with E-state index in [0.29, 0.717) is 19.3 Å². The lowest BCUT2D eigenvalue weighted by atomic mass is 10.0. The SMILES string of the molecule is O=S1(=O)CCCCC1C(O)c1ccc(F)c(F)c1. The Bertz CT molecular complexity index is 542. The largest absolute Gasteiger partial charge is 0.387 e. The number of benzene rings is 1. The standard InChI is InChI=1S/C12H14F2O3S/c13-9-5-4-8(7-10(9)14)12(15)11-3-1-2-6-18(11,16)17/h4-5,7,11-12,15H,1-3,6H2. The second-order valence-corrected chi connectivity index (χ2v) is 6.86. The Hall–Kier alpha value is -1.01. The van der Waals surface area contributed by atoms with Crippen LogP contribution in [0.2, 0.25) is 0 Å². The van der Waals surface area contributed by atoms with Gasteiger partial charge in [0.05, 0.1) is 17.1 Å². The minimum atomic E-state index is -3.36. The molecule has 0 spiro atoms. The van der Waals surface area contributed by atoms with Crippen molar-refractivity contribution in [3.63, 3.8) is 0 Å². The Kier molecular flexibility index (Phi) is 3.68. The Balaban J connectivity index is 2.30.